The van der Waals surface area contributed by atoms with Gasteiger partial charge in [0.1, 0.15) is 0 Å². The summed E-state index contributed by atoms with van der Waals surface area (Å²) in [6.07, 6.45) is 43.3. The molecule has 0 fully saturated rings. The fourth-order valence-electron chi connectivity index (χ4n) is 6.33. The molecule has 0 aliphatic carbocycles. The van der Waals surface area contributed by atoms with Crippen molar-refractivity contribution in [3.8, 4) is 0 Å². The molecule has 0 aromatic carbocycles. The molecule has 0 atom stereocenters. The van der Waals surface area contributed by atoms with Crippen LogP contribution in [-0.4, -0.2) is 49.0 Å². The molecule has 0 saturated carbocycles. The van der Waals surface area contributed by atoms with Crippen LogP contribution in [0.3, 0.4) is 0 Å². The van der Waals surface area contributed by atoms with Crippen molar-refractivity contribution in [2.45, 2.75) is 214 Å². The molecule has 0 radical (unpaired) electrons. The fourth-order valence-corrected chi connectivity index (χ4v) is 6.62. The predicted molar refractivity (Wildman–Crippen MR) is 212 cm³/mol. The molecule has 0 aromatic rings. The van der Waals surface area contributed by atoms with Gasteiger partial charge in [0, 0.05) is 0 Å². The third kappa shape index (κ3) is 32.6. The molecule has 0 heterocycles. The van der Waals surface area contributed by atoms with E-state index in [1.807, 2.05) is 13.8 Å². The van der Waals surface area contributed by atoms with Crippen molar-refractivity contribution in [3.05, 3.63) is 24.3 Å². The molecule has 0 saturated heterocycles. The van der Waals surface area contributed by atoms with Gasteiger partial charge in [-0.25, -0.2) is 18.0 Å². The highest BCUT2D eigenvalue weighted by molar-refractivity contribution is 7.80. The molecular formula is C42H81NO6S. The first kappa shape index (κ1) is 50.8. The predicted octanol–water partition coefficient (Wildman–Crippen LogP) is 12.5. The number of quaternary nitrogens is 1. The van der Waals surface area contributed by atoms with Crippen molar-refractivity contribution in [2.24, 2.45) is 0 Å². The van der Waals surface area contributed by atoms with Crippen LogP contribution in [0.5, 0.6) is 0 Å². The van der Waals surface area contributed by atoms with Crippen LogP contribution in [0.15, 0.2) is 24.3 Å². The number of amides is 2. The molecule has 50 heavy (non-hydrogen) atoms. The molecule has 296 valence electrons. The van der Waals surface area contributed by atoms with Gasteiger partial charge in [-0.15, -0.1) is 0 Å². The Morgan fingerprint density at radius 3 is 1.00 bits per heavy atom. The summed E-state index contributed by atoms with van der Waals surface area (Å²) in [6, 6.07) is 0. The minimum Gasteiger partial charge on any atom is -0.726 e. The summed E-state index contributed by atoms with van der Waals surface area (Å²) >= 11 is 0. The van der Waals surface area contributed by atoms with E-state index in [-0.39, 0.29) is 22.9 Å². The lowest BCUT2D eigenvalue weighted by molar-refractivity contribution is -0.776. The number of carbonyl (C=O) groups excluding carboxylic acids is 2. The number of hydrogen-bond donors (Lipinski definition) is 0. The Morgan fingerprint density at radius 1 is 0.480 bits per heavy atom. The zero-order chi connectivity index (χ0) is 37.6. The van der Waals surface area contributed by atoms with Gasteiger partial charge in [-0.1, -0.05) is 141 Å². The fraction of sp³-hybridized carbons (Fsp3) is 0.857. The van der Waals surface area contributed by atoms with E-state index in [2.05, 4.69) is 42.3 Å². The molecule has 0 aliphatic heterocycles. The zero-order valence-electron chi connectivity index (χ0n) is 33.5. The molecule has 2 amide bonds. The lowest BCUT2D eigenvalue weighted by atomic mass is 10.1. The van der Waals surface area contributed by atoms with Crippen LogP contribution in [0.4, 0.5) is 0 Å². The summed E-state index contributed by atoms with van der Waals surface area (Å²) in [6.45, 7) is 11.1. The van der Waals surface area contributed by atoms with Gasteiger partial charge in [0.15, 0.2) is 0 Å². The highest BCUT2D eigenvalue weighted by atomic mass is 32.3. The minimum atomic E-state index is -4.42. The van der Waals surface area contributed by atoms with Gasteiger partial charge in [-0.05, 0) is 85.0 Å². The van der Waals surface area contributed by atoms with Crippen molar-refractivity contribution < 1.29 is 31.2 Å². The van der Waals surface area contributed by atoms with Gasteiger partial charge in [0.05, 0.1) is 32.5 Å². The number of allylic oxidation sites excluding steroid dienone is 4. The molecule has 0 N–H and O–H groups in total. The van der Waals surface area contributed by atoms with Crippen molar-refractivity contribution >= 4 is 22.2 Å². The van der Waals surface area contributed by atoms with Crippen molar-refractivity contribution in [1.82, 2.24) is 0 Å². The SMILES string of the molecule is CCCCCCCCC=CCCCCCCCC(=O)[N+](CC)(CC)C(=O)CCCCCCCC=CCCCCCCCC.CCOS(=O)(=O)[O-]. The average Bonchev–Trinajstić information content (AvgIpc) is 3.08. The van der Waals surface area contributed by atoms with Crippen LogP contribution in [0.1, 0.15) is 214 Å². The maximum Gasteiger partial charge on any atom is 0.321 e. The van der Waals surface area contributed by atoms with E-state index in [4.69, 9.17) is 0 Å². The number of nitrogens with zero attached hydrogens (tertiary/aromatic N) is 1. The van der Waals surface area contributed by atoms with Gasteiger partial charge in [0.25, 0.3) is 0 Å². The largest absolute Gasteiger partial charge is 0.726 e. The number of carbonyl (C=O) groups is 2. The summed E-state index contributed by atoms with van der Waals surface area (Å²) < 4.78 is 32.1. The van der Waals surface area contributed by atoms with E-state index >= 15 is 0 Å². The van der Waals surface area contributed by atoms with E-state index < -0.39 is 10.4 Å². The quantitative estimate of drug-likeness (QED) is 0.0215. The molecule has 0 spiro atoms. The number of rotatable bonds is 34. The Balaban J connectivity index is 0. The molecule has 0 aromatic heterocycles. The highest BCUT2D eigenvalue weighted by Gasteiger charge is 2.39. The summed E-state index contributed by atoms with van der Waals surface area (Å²) in [4.78, 5) is 26.4. The molecule has 8 heteroatoms. The highest BCUT2D eigenvalue weighted by Crippen LogP contribution is 2.19. The van der Waals surface area contributed by atoms with Gasteiger partial charge in [-0.3, -0.25) is 4.18 Å². The maximum atomic E-state index is 13.2. The molecular weight excluding hydrogens is 647 g/mol. The smallest absolute Gasteiger partial charge is 0.321 e. The molecule has 7 nitrogen and oxygen atoms in total. The lowest BCUT2D eigenvalue weighted by Crippen LogP contribution is -2.56. The first-order valence-corrected chi connectivity index (χ1v) is 22.3. The number of unbranched alkanes of at least 4 members (excludes halogenated alkanes) is 22. The minimum absolute atomic E-state index is 0.0623. The second-order valence-electron chi connectivity index (χ2n) is 13.9. The second-order valence-corrected chi connectivity index (χ2v) is 14.9. The van der Waals surface area contributed by atoms with E-state index in [9.17, 15) is 22.6 Å². The van der Waals surface area contributed by atoms with Crippen molar-refractivity contribution in [3.63, 3.8) is 0 Å². The third-order valence-electron chi connectivity index (χ3n) is 9.60. The third-order valence-corrected chi connectivity index (χ3v) is 10.1. The average molecular weight is 728 g/mol. The normalized spacial score (nSPS) is 12.1. The summed E-state index contributed by atoms with van der Waals surface area (Å²) in [5.74, 6) is 0.306. The van der Waals surface area contributed by atoms with Crippen LogP contribution in [0.25, 0.3) is 0 Å². The Kier molecular flexibility index (Phi) is 38.0. The van der Waals surface area contributed by atoms with Gasteiger partial charge in [0.2, 0.25) is 10.4 Å². The molecule has 0 unspecified atom stereocenters. The van der Waals surface area contributed by atoms with E-state index in [1.54, 1.807) is 0 Å². The Bertz CT molecular complexity index is 873. The molecule has 0 aliphatic rings. The Labute approximate surface area is 311 Å². The van der Waals surface area contributed by atoms with E-state index in [1.165, 1.54) is 148 Å². The zero-order valence-corrected chi connectivity index (χ0v) is 34.4. The van der Waals surface area contributed by atoms with Crippen LogP contribution >= 0.6 is 0 Å². The Hall–Kier alpha value is -1.35. The van der Waals surface area contributed by atoms with Gasteiger partial charge >= 0.3 is 11.8 Å². The van der Waals surface area contributed by atoms with Crippen LogP contribution < -0.4 is 0 Å². The molecule has 0 bridgehead atoms. The van der Waals surface area contributed by atoms with Gasteiger partial charge in [-0.2, -0.15) is 4.48 Å². The van der Waals surface area contributed by atoms with Crippen LogP contribution in [0.2, 0.25) is 0 Å². The van der Waals surface area contributed by atoms with Crippen LogP contribution in [0, 0.1) is 0 Å². The van der Waals surface area contributed by atoms with Crippen molar-refractivity contribution in [1.29, 1.82) is 0 Å². The first-order valence-electron chi connectivity index (χ1n) is 21.0. The topological polar surface area (TPSA) is 101 Å². The Morgan fingerprint density at radius 2 is 0.760 bits per heavy atom. The number of imide groups is 1. The standard InChI is InChI=1S/C40H76NO2.C2H6O4S/c1-5-9-11-13-15-17-19-21-23-25-27-29-31-33-35-37-39(42)41(7-3,8-4)40(43)38-36-34-32-30-28-26-24-22-20-18-16-14-12-10-6-2;1-2-6-7(3,4)5/h21-24H,5-20,25-38H2,1-4H3;2H2,1H3,(H,3,4,5)/q+1;/p-1. The summed E-state index contributed by atoms with van der Waals surface area (Å²) in [5.41, 5.74) is 0. The van der Waals surface area contributed by atoms with Crippen LogP contribution in [-0.2, 0) is 24.2 Å². The second kappa shape index (κ2) is 37.4. The van der Waals surface area contributed by atoms with Gasteiger partial charge < -0.3 is 4.55 Å². The van der Waals surface area contributed by atoms with Crippen molar-refractivity contribution in [2.75, 3.05) is 19.7 Å². The summed E-state index contributed by atoms with van der Waals surface area (Å²) in [5, 5.41) is 0. The molecule has 0 rings (SSSR count). The summed E-state index contributed by atoms with van der Waals surface area (Å²) in [7, 11) is -4.42. The van der Waals surface area contributed by atoms with E-state index in [0.717, 1.165) is 25.7 Å². The monoisotopic (exact) mass is 728 g/mol. The maximum absolute atomic E-state index is 13.2. The number of hydrogen-bond acceptors (Lipinski definition) is 6. The first-order chi connectivity index (χ1) is 24.1. The van der Waals surface area contributed by atoms with E-state index in [0.29, 0.717) is 25.9 Å². The lowest BCUT2D eigenvalue weighted by Gasteiger charge is -2.31.